The van der Waals surface area contributed by atoms with E-state index in [0.29, 0.717) is 12.8 Å². The molecule has 0 aromatic heterocycles. The molecule has 11 heavy (non-hydrogen) atoms. The van der Waals surface area contributed by atoms with Gasteiger partial charge in [-0.1, -0.05) is 0 Å². The maximum Gasteiger partial charge on any atom is 0.152 e. The van der Waals surface area contributed by atoms with E-state index in [2.05, 4.69) is 5.92 Å². The summed E-state index contributed by atoms with van der Waals surface area (Å²) in [7, 11) is 1.51. The van der Waals surface area contributed by atoms with Crippen LogP contribution in [0.3, 0.4) is 0 Å². The third kappa shape index (κ3) is 4.54. The summed E-state index contributed by atoms with van der Waals surface area (Å²) in [6, 6.07) is -0.520. The van der Waals surface area contributed by atoms with Crippen molar-refractivity contribution in [1.29, 1.82) is 0 Å². The molecule has 0 aromatic rings. The van der Waals surface area contributed by atoms with Crippen molar-refractivity contribution in [2.75, 3.05) is 13.7 Å². The Bertz CT molecular complexity index is 160. The minimum Gasteiger partial charge on any atom is -0.383 e. The van der Waals surface area contributed by atoms with Gasteiger partial charge in [-0.3, -0.25) is 4.79 Å². The third-order valence-corrected chi connectivity index (χ3v) is 1.28. The van der Waals surface area contributed by atoms with Crippen LogP contribution in [-0.4, -0.2) is 25.5 Å². The number of terminal acetylenes is 1. The highest BCUT2D eigenvalue weighted by Crippen LogP contribution is 1.93. The van der Waals surface area contributed by atoms with Crippen LogP contribution >= 0.6 is 0 Å². The lowest BCUT2D eigenvalue weighted by Gasteiger charge is -2.06. The zero-order valence-electron chi connectivity index (χ0n) is 6.67. The van der Waals surface area contributed by atoms with E-state index in [1.807, 2.05) is 0 Å². The lowest BCUT2D eigenvalue weighted by Crippen LogP contribution is -2.34. The molecule has 0 amide bonds. The van der Waals surface area contributed by atoms with Crippen molar-refractivity contribution in [3.8, 4) is 12.3 Å². The Morgan fingerprint density at radius 2 is 2.45 bits per heavy atom. The molecule has 0 aromatic carbocycles. The Morgan fingerprint density at radius 1 is 1.82 bits per heavy atom. The first-order chi connectivity index (χ1) is 5.22. The summed E-state index contributed by atoms with van der Waals surface area (Å²) in [5.74, 6) is 2.34. The molecule has 3 heteroatoms. The summed E-state index contributed by atoms with van der Waals surface area (Å²) >= 11 is 0. The number of ether oxygens (including phenoxy) is 1. The Labute approximate surface area is 66.9 Å². The molecule has 0 aliphatic heterocycles. The molecule has 62 valence electrons. The van der Waals surface area contributed by atoms with Crippen LogP contribution < -0.4 is 5.73 Å². The SMILES string of the molecule is C#CCCC(=O)C(N)COC. The second kappa shape index (κ2) is 5.90. The van der Waals surface area contributed by atoms with E-state index in [0.717, 1.165) is 0 Å². The van der Waals surface area contributed by atoms with Crippen LogP contribution in [0.5, 0.6) is 0 Å². The fraction of sp³-hybridized carbons (Fsp3) is 0.625. The molecule has 0 radical (unpaired) electrons. The third-order valence-electron chi connectivity index (χ3n) is 1.28. The fourth-order valence-corrected chi connectivity index (χ4v) is 0.653. The zero-order chi connectivity index (χ0) is 8.69. The Hall–Kier alpha value is -0.850. The molecule has 0 rings (SSSR count). The van der Waals surface area contributed by atoms with E-state index in [-0.39, 0.29) is 12.4 Å². The predicted octanol–water partition coefficient (Wildman–Crippen LogP) is -0.0574. The number of carbonyl (C=O) groups is 1. The van der Waals surface area contributed by atoms with Gasteiger partial charge in [-0.05, 0) is 0 Å². The topological polar surface area (TPSA) is 52.3 Å². The second-order valence-electron chi connectivity index (χ2n) is 2.23. The highest BCUT2D eigenvalue weighted by Gasteiger charge is 2.11. The molecule has 0 bridgehead atoms. The van der Waals surface area contributed by atoms with E-state index in [1.165, 1.54) is 7.11 Å². The average Bonchev–Trinajstić information content (AvgIpc) is 2.00. The van der Waals surface area contributed by atoms with Crippen LogP contribution in [0, 0.1) is 12.3 Å². The molecular formula is C8H13NO2. The molecule has 0 saturated carbocycles. The van der Waals surface area contributed by atoms with Crippen molar-refractivity contribution >= 4 is 5.78 Å². The van der Waals surface area contributed by atoms with E-state index in [9.17, 15) is 4.79 Å². The maximum atomic E-state index is 11.0. The molecule has 0 aliphatic rings. The van der Waals surface area contributed by atoms with Crippen molar-refractivity contribution in [1.82, 2.24) is 0 Å². The Morgan fingerprint density at radius 3 is 2.91 bits per heavy atom. The first-order valence-corrected chi connectivity index (χ1v) is 3.43. The van der Waals surface area contributed by atoms with Gasteiger partial charge in [0.15, 0.2) is 5.78 Å². The van der Waals surface area contributed by atoms with Crippen molar-refractivity contribution in [3.63, 3.8) is 0 Å². The van der Waals surface area contributed by atoms with Crippen LogP contribution in [0.15, 0.2) is 0 Å². The average molecular weight is 155 g/mol. The van der Waals surface area contributed by atoms with Gasteiger partial charge in [-0.2, -0.15) is 0 Å². The fourth-order valence-electron chi connectivity index (χ4n) is 0.653. The molecule has 0 aliphatic carbocycles. The minimum atomic E-state index is -0.520. The van der Waals surface area contributed by atoms with Crippen LogP contribution in [0.1, 0.15) is 12.8 Å². The van der Waals surface area contributed by atoms with Crippen molar-refractivity contribution in [2.45, 2.75) is 18.9 Å². The van der Waals surface area contributed by atoms with Crippen LogP contribution in [0.2, 0.25) is 0 Å². The molecule has 0 fully saturated rings. The maximum absolute atomic E-state index is 11.0. The van der Waals surface area contributed by atoms with Gasteiger partial charge in [0.25, 0.3) is 0 Å². The van der Waals surface area contributed by atoms with E-state index in [1.54, 1.807) is 0 Å². The first-order valence-electron chi connectivity index (χ1n) is 3.43. The van der Waals surface area contributed by atoms with Gasteiger partial charge in [0.2, 0.25) is 0 Å². The summed E-state index contributed by atoms with van der Waals surface area (Å²) < 4.78 is 4.71. The minimum absolute atomic E-state index is 0.0372. The second-order valence-corrected chi connectivity index (χ2v) is 2.23. The molecule has 0 saturated heterocycles. The van der Waals surface area contributed by atoms with Crippen molar-refractivity contribution in [3.05, 3.63) is 0 Å². The van der Waals surface area contributed by atoms with E-state index >= 15 is 0 Å². The monoisotopic (exact) mass is 155 g/mol. The number of methoxy groups -OCH3 is 1. The van der Waals surface area contributed by atoms with Crippen LogP contribution in [-0.2, 0) is 9.53 Å². The zero-order valence-corrected chi connectivity index (χ0v) is 6.67. The first kappa shape index (κ1) is 10.2. The van der Waals surface area contributed by atoms with Crippen molar-refractivity contribution in [2.24, 2.45) is 5.73 Å². The van der Waals surface area contributed by atoms with Gasteiger partial charge >= 0.3 is 0 Å². The number of ketones is 1. The number of rotatable bonds is 5. The van der Waals surface area contributed by atoms with E-state index < -0.39 is 6.04 Å². The molecule has 2 N–H and O–H groups in total. The van der Waals surface area contributed by atoms with Gasteiger partial charge in [0.1, 0.15) is 0 Å². The largest absolute Gasteiger partial charge is 0.383 e. The van der Waals surface area contributed by atoms with Gasteiger partial charge in [-0.25, -0.2) is 0 Å². The number of Topliss-reactive ketones (excluding diaryl/α,β-unsaturated/α-hetero) is 1. The molecular weight excluding hydrogens is 142 g/mol. The lowest BCUT2D eigenvalue weighted by atomic mass is 10.1. The molecule has 3 nitrogen and oxygen atoms in total. The molecule has 0 spiro atoms. The quantitative estimate of drug-likeness (QED) is 0.566. The highest BCUT2D eigenvalue weighted by molar-refractivity contribution is 5.84. The van der Waals surface area contributed by atoms with Gasteiger partial charge in [0.05, 0.1) is 12.6 Å². The summed E-state index contributed by atoms with van der Waals surface area (Å²) in [4.78, 5) is 11.0. The predicted molar refractivity (Wildman–Crippen MR) is 42.9 cm³/mol. The van der Waals surface area contributed by atoms with Gasteiger partial charge in [-0.15, -0.1) is 12.3 Å². The van der Waals surface area contributed by atoms with E-state index in [4.69, 9.17) is 16.9 Å². The highest BCUT2D eigenvalue weighted by atomic mass is 16.5. The van der Waals surface area contributed by atoms with Crippen LogP contribution in [0.4, 0.5) is 0 Å². The normalized spacial score (nSPS) is 12.1. The number of hydrogen-bond acceptors (Lipinski definition) is 3. The molecule has 1 atom stereocenters. The number of nitrogens with two attached hydrogens (primary N) is 1. The van der Waals surface area contributed by atoms with Gasteiger partial charge in [0, 0.05) is 20.0 Å². The Kier molecular flexibility index (Phi) is 5.44. The standard InChI is InChI=1S/C8H13NO2/c1-3-4-5-8(10)7(9)6-11-2/h1,7H,4-6,9H2,2H3. The smallest absolute Gasteiger partial charge is 0.152 e. The summed E-state index contributed by atoms with van der Waals surface area (Å²) in [6.07, 6.45) is 5.78. The number of carbonyl (C=O) groups excluding carboxylic acids is 1. The molecule has 1 unspecified atom stereocenters. The number of hydrogen-bond donors (Lipinski definition) is 1. The van der Waals surface area contributed by atoms with Gasteiger partial charge < -0.3 is 10.5 Å². The molecule has 0 heterocycles. The Balaban J connectivity index is 3.57. The summed E-state index contributed by atoms with van der Waals surface area (Å²) in [5.41, 5.74) is 5.43. The van der Waals surface area contributed by atoms with Crippen LogP contribution in [0.25, 0.3) is 0 Å². The van der Waals surface area contributed by atoms with Crippen molar-refractivity contribution < 1.29 is 9.53 Å². The lowest BCUT2D eigenvalue weighted by molar-refractivity contribution is -0.121. The summed E-state index contributed by atoms with van der Waals surface area (Å²) in [5, 5.41) is 0. The summed E-state index contributed by atoms with van der Waals surface area (Å²) in [6.45, 7) is 0.267.